The minimum absolute atomic E-state index is 0.00175. The van der Waals surface area contributed by atoms with Crippen LogP contribution in [0.2, 0.25) is 0 Å². The summed E-state index contributed by atoms with van der Waals surface area (Å²) >= 11 is 0. The minimum Gasteiger partial charge on any atom is -0.480 e. The number of hydrogen-bond acceptors (Lipinski definition) is 8. The lowest BCUT2D eigenvalue weighted by molar-refractivity contribution is -0.153. The summed E-state index contributed by atoms with van der Waals surface area (Å²) in [6.07, 6.45) is 1.02. The predicted octanol–water partition coefficient (Wildman–Crippen LogP) is 5.34. The van der Waals surface area contributed by atoms with Gasteiger partial charge in [0.15, 0.2) is 11.5 Å². The van der Waals surface area contributed by atoms with Gasteiger partial charge in [0.05, 0.1) is 23.9 Å². The average Bonchev–Trinajstić information content (AvgIpc) is 2.86. The standard InChI is InChI=1S/C30H47NO8/c1-10-11-18(6)28(34)37-19(7)14-23(26(31)27(32)33)22-12-13-24(38-29(35)20(8)16(2)3)25(15-22)39-30(36)21(9)17(4)5/h12-13,15-21,23,26H,10-11,14,31H2,1-9H3,(H,32,33)/t18?,19?,20?,21?,23?,26-/m0/s1. The summed E-state index contributed by atoms with van der Waals surface area (Å²) in [5, 5.41) is 9.71. The third-order valence-corrected chi connectivity index (χ3v) is 7.31. The summed E-state index contributed by atoms with van der Waals surface area (Å²) in [5.41, 5.74) is 6.53. The predicted molar refractivity (Wildman–Crippen MR) is 148 cm³/mol. The number of carboxylic acid groups (broad SMARTS) is 1. The third-order valence-electron chi connectivity index (χ3n) is 7.31. The van der Waals surface area contributed by atoms with Crippen LogP contribution in [-0.2, 0) is 23.9 Å². The molecule has 5 unspecified atom stereocenters. The van der Waals surface area contributed by atoms with Gasteiger partial charge >= 0.3 is 23.9 Å². The van der Waals surface area contributed by atoms with Gasteiger partial charge in [0.25, 0.3) is 0 Å². The summed E-state index contributed by atoms with van der Waals surface area (Å²) in [6.45, 7) is 16.5. The Morgan fingerprint density at radius 2 is 1.33 bits per heavy atom. The number of benzene rings is 1. The number of esters is 3. The van der Waals surface area contributed by atoms with Crippen molar-refractivity contribution in [2.45, 2.75) is 99.6 Å². The van der Waals surface area contributed by atoms with Gasteiger partial charge in [0.2, 0.25) is 0 Å². The highest BCUT2D eigenvalue weighted by atomic mass is 16.6. The molecule has 9 nitrogen and oxygen atoms in total. The SMILES string of the molecule is CCCC(C)C(=O)OC(C)CC(c1ccc(OC(=O)C(C)C(C)C)c(OC(=O)C(C)C(C)C)c1)[C@H](N)C(=O)O. The molecule has 6 atom stereocenters. The van der Waals surface area contributed by atoms with Crippen molar-refractivity contribution >= 4 is 23.9 Å². The second-order valence-corrected chi connectivity index (χ2v) is 11.3. The Hall–Kier alpha value is -2.94. The first-order chi connectivity index (χ1) is 18.1. The molecule has 0 bridgehead atoms. The van der Waals surface area contributed by atoms with E-state index < -0.39 is 47.8 Å². The van der Waals surface area contributed by atoms with Gasteiger partial charge in [0, 0.05) is 5.92 Å². The average molecular weight is 550 g/mol. The first kappa shape index (κ1) is 34.1. The van der Waals surface area contributed by atoms with Crippen LogP contribution in [0.25, 0.3) is 0 Å². The lowest BCUT2D eigenvalue weighted by atomic mass is 9.87. The zero-order valence-corrected chi connectivity index (χ0v) is 24.9. The van der Waals surface area contributed by atoms with Crippen molar-refractivity contribution in [2.24, 2.45) is 35.3 Å². The van der Waals surface area contributed by atoms with Gasteiger partial charge in [-0.2, -0.15) is 0 Å². The Morgan fingerprint density at radius 1 is 0.821 bits per heavy atom. The normalized spacial score (nSPS) is 16.1. The van der Waals surface area contributed by atoms with Gasteiger partial charge in [-0.1, -0.05) is 67.9 Å². The first-order valence-electron chi connectivity index (χ1n) is 13.9. The van der Waals surface area contributed by atoms with Crippen molar-refractivity contribution in [3.05, 3.63) is 23.8 Å². The third kappa shape index (κ3) is 10.3. The van der Waals surface area contributed by atoms with Gasteiger partial charge < -0.3 is 25.1 Å². The van der Waals surface area contributed by atoms with E-state index in [0.29, 0.717) is 12.0 Å². The van der Waals surface area contributed by atoms with Crippen molar-refractivity contribution in [1.82, 2.24) is 0 Å². The van der Waals surface area contributed by atoms with E-state index in [1.807, 2.05) is 34.6 Å². The fourth-order valence-electron chi connectivity index (χ4n) is 3.80. The molecule has 3 N–H and O–H groups in total. The molecule has 0 spiro atoms. The topological polar surface area (TPSA) is 142 Å². The van der Waals surface area contributed by atoms with Crippen molar-refractivity contribution in [1.29, 1.82) is 0 Å². The van der Waals surface area contributed by atoms with Crippen LogP contribution in [0.5, 0.6) is 11.5 Å². The zero-order chi connectivity index (χ0) is 30.0. The van der Waals surface area contributed by atoms with E-state index in [4.69, 9.17) is 19.9 Å². The number of carbonyl (C=O) groups is 4. The van der Waals surface area contributed by atoms with Gasteiger partial charge in [0.1, 0.15) is 6.04 Å². The van der Waals surface area contributed by atoms with Crippen LogP contribution >= 0.6 is 0 Å². The van der Waals surface area contributed by atoms with E-state index in [-0.39, 0.29) is 41.6 Å². The molecule has 0 aliphatic heterocycles. The fourth-order valence-corrected chi connectivity index (χ4v) is 3.80. The molecule has 1 rings (SSSR count). The highest BCUT2D eigenvalue weighted by Crippen LogP contribution is 2.36. The van der Waals surface area contributed by atoms with E-state index in [2.05, 4.69) is 0 Å². The Bertz CT molecular complexity index is 989. The van der Waals surface area contributed by atoms with Crippen LogP contribution in [0.15, 0.2) is 18.2 Å². The molecule has 0 fully saturated rings. The number of ether oxygens (including phenoxy) is 3. The maximum atomic E-state index is 12.8. The van der Waals surface area contributed by atoms with Crippen molar-refractivity contribution < 1.29 is 38.5 Å². The molecule has 0 saturated heterocycles. The number of aliphatic carboxylic acids is 1. The van der Waals surface area contributed by atoms with Crippen LogP contribution in [0.4, 0.5) is 0 Å². The molecule has 0 aromatic heterocycles. The molecule has 1 aromatic rings. The molecule has 220 valence electrons. The summed E-state index contributed by atoms with van der Waals surface area (Å²) in [7, 11) is 0. The molecular weight excluding hydrogens is 502 g/mol. The Labute approximate surface area is 232 Å². The quantitative estimate of drug-likeness (QED) is 0.219. The highest BCUT2D eigenvalue weighted by molar-refractivity contribution is 5.79. The number of hydrogen-bond donors (Lipinski definition) is 2. The van der Waals surface area contributed by atoms with Gasteiger partial charge in [-0.25, -0.2) is 0 Å². The van der Waals surface area contributed by atoms with Crippen LogP contribution < -0.4 is 15.2 Å². The van der Waals surface area contributed by atoms with E-state index in [9.17, 15) is 24.3 Å². The fraction of sp³-hybridized carbons (Fsp3) is 0.667. The Balaban J connectivity index is 3.43. The van der Waals surface area contributed by atoms with E-state index in [1.165, 1.54) is 12.1 Å². The summed E-state index contributed by atoms with van der Waals surface area (Å²) in [5.74, 6) is -4.39. The maximum absolute atomic E-state index is 12.8. The van der Waals surface area contributed by atoms with E-state index >= 15 is 0 Å². The second-order valence-electron chi connectivity index (χ2n) is 11.3. The molecule has 9 heteroatoms. The smallest absolute Gasteiger partial charge is 0.321 e. The number of nitrogens with two attached hydrogens (primary N) is 1. The molecular formula is C30H47NO8. The molecule has 0 amide bonds. The summed E-state index contributed by atoms with van der Waals surface area (Å²) in [6, 6.07) is 3.22. The van der Waals surface area contributed by atoms with Gasteiger partial charge in [-0.3, -0.25) is 19.2 Å². The Kier molecular flexibility index (Phi) is 13.6. The van der Waals surface area contributed by atoms with Crippen LogP contribution in [-0.4, -0.2) is 41.1 Å². The lowest BCUT2D eigenvalue weighted by Crippen LogP contribution is -2.38. The van der Waals surface area contributed by atoms with Crippen molar-refractivity contribution in [3.63, 3.8) is 0 Å². The highest BCUT2D eigenvalue weighted by Gasteiger charge is 2.31. The molecule has 0 aliphatic carbocycles. The number of carboxylic acids is 1. The Morgan fingerprint density at radius 3 is 1.79 bits per heavy atom. The van der Waals surface area contributed by atoms with Crippen LogP contribution in [0.1, 0.15) is 93.1 Å². The molecule has 39 heavy (non-hydrogen) atoms. The number of rotatable bonds is 15. The van der Waals surface area contributed by atoms with Crippen LogP contribution in [0.3, 0.4) is 0 Å². The largest absolute Gasteiger partial charge is 0.480 e. The molecule has 1 aromatic carbocycles. The van der Waals surface area contributed by atoms with Crippen molar-refractivity contribution in [2.75, 3.05) is 0 Å². The summed E-state index contributed by atoms with van der Waals surface area (Å²) in [4.78, 5) is 49.9. The van der Waals surface area contributed by atoms with Crippen LogP contribution in [0, 0.1) is 29.6 Å². The molecule has 0 radical (unpaired) electrons. The monoisotopic (exact) mass is 549 g/mol. The zero-order valence-electron chi connectivity index (χ0n) is 24.9. The minimum atomic E-state index is -1.33. The summed E-state index contributed by atoms with van der Waals surface area (Å²) < 4.78 is 16.9. The number of carbonyl (C=O) groups excluding carboxylic acids is 3. The molecule has 0 heterocycles. The maximum Gasteiger partial charge on any atom is 0.321 e. The first-order valence-corrected chi connectivity index (χ1v) is 13.9. The second kappa shape index (κ2) is 15.6. The lowest BCUT2D eigenvalue weighted by Gasteiger charge is -2.26. The van der Waals surface area contributed by atoms with Gasteiger partial charge in [-0.15, -0.1) is 0 Å². The van der Waals surface area contributed by atoms with E-state index in [0.717, 1.165) is 6.42 Å². The van der Waals surface area contributed by atoms with Gasteiger partial charge in [-0.05, 0) is 49.3 Å². The van der Waals surface area contributed by atoms with E-state index in [1.54, 1.807) is 33.8 Å². The molecule has 0 aliphatic rings. The van der Waals surface area contributed by atoms with Crippen molar-refractivity contribution in [3.8, 4) is 11.5 Å². The molecule has 0 saturated carbocycles.